The van der Waals surface area contributed by atoms with Crippen molar-refractivity contribution in [2.24, 2.45) is 5.84 Å². The van der Waals surface area contributed by atoms with Crippen LogP contribution in [0.2, 0.25) is 0 Å². The van der Waals surface area contributed by atoms with Gasteiger partial charge in [0.15, 0.2) is 0 Å². The Kier molecular flexibility index (Phi) is 5.14. The maximum absolute atomic E-state index is 6.93. The lowest BCUT2D eigenvalue weighted by Gasteiger charge is -2.04. The van der Waals surface area contributed by atoms with Crippen molar-refractivity contribution in [3.05, 3.63) is 11.6 Å². The Morgan fingerprint density at radius 3 is 2.73 bits per heavy atom. The van der Waals surface area contributed by atoms with Crippen molar-refractivity contribution >= 4 is 5.96 Å². The van der Waals surface area contributed by atoms with E-state index in [4.69, 9.17) is 16.1 Å². The number of hydroxylamine groups is 1. The summed E-state index contributed by atoms with van der Waals surface area (Å²) in [5.41, 5.74) is 5.54. The molecule has 5 N–H and O–H groups in total. The molecular formula is C6H14N4O. The summed E-state index contributed by atoms with van der Waals surface area (Å²) in [6.07, 6.45) is 1.89. The third kappa shape index (κ3) is 6.82. The van der Waals surface area contributed by atoms with Gasteiger partial charge in [0.2, 0.25) is 5.96 Å². The molecule has 0 aliphatic carbocycles. The Hall–Kier alpha value is -1.07. The van der Waals surface area contributed by atoms with Crippen molar-refractivity contribution in [1.82, 2.24) is 10.9 Å². The van der Waals surface area contributed by atoms with E-state index < -0.39 is 0 Å². The number of nitrogens with two attached hydrogens (primary N) is 1. The molecule has 0 heterocycles. The highest BCUT2D eigenvalue weighted by Gasteiger charge is 1.87. The zero-order valence-corrected chi connectivity index (χ0v) is 6.77. The van der Waals surface area contributed by atoms with Gasteiger partial charge in [-0.05, 0) is 13.8 Å². The van der Waals surface area contributed by atoms with E-state index in [-0.39, 0.29) is 5.96 Å². The van der Waals surface area contributed by atoms with Gasteiger partial charge in [-0.3, -0.25) is 15.7 Å². The van der Waals surface area contributed by atoms with E-state index in [0.717, 1.165) is 0 Å². The molecule has 0 atom stereocenters. The SMILES string of the molecule is CC(C)=CCONC(=N)NN. The maximum atomic E-state index is 6.93. The molecule has 0 aliphatic rings. The smallest absolute Gasteiger partial charge is 0.227 e. The monoisotopic (exact) mass is 158 g/mol. The fraction of sp³-hybridized carbons (Fsp3) is 0.500. The lowest BCUT2D eigenvalue weighted by Crippen LogP contribution is -2.40. The average molecular weight is 158 g/mol. The Bertz CT molecular complexity index is 151. The van der Waals surface area contributed by atoms with E-state index in [2.05, 4.69) is 10.9 Å². The van der Waals surface area contributed by atoms with E-state index in [9.17, 15) is 0 Å². The molecule has 0 unspecified atom stereocenters. The minimum atomic E-state index is -0.0628. The minimum Gasteiger partial charge on any atom is -0.293 e. The summed E-state index contributed by atoms with van der Waals surface area (Å²) in [5, 5.41) is 6.93. The lowest BCUT2D eigenvalue weighted by atomic mass is 10.3. The van der Waals surface area contributed by atoms with Gasteiger partial charge in [0, 0.05) is 0 Å². The predicted octanol–water partition coefficient (Wildman–Crippen LogP) is -0.128. The number of guanidine groups is 1. The molecule has 0 saturated heterocycles. The first-order chi connectivity index (χ1) is 5.16. The van der Waals surface area contributed by atoms with Gasteiger partial charge < -0.3 is 0 Å². The highest BCUT2D eigenvalue weighted by atomic mass is 16.6. The number of nitrogens with one attached hydrogen (secondary N) is 3. The summed E-state index contributed by atoms with van der Waals surface area (Å²) in [5.74, 6) is 4.82. The molecule has 0 aromatic rings. The van der Waals surface area contributed by atoms with Gasteiger partial charge in [-0.25, -0.2) is 11.3 Å². The van der Waals surface area contributed by atoms with Crippen molar-refractivity contribution in [1.29, 1.82) is 5.41 Å². The second-order valence-electron chi connectivity index (χ2n) is 2.21. The van der Waals surface area contributed by atoms with Crippen molar-refractivity contribution in [2.75, 3.05) is 6.61 Å². The first-order valence-electron chi connectivity index (χ1n) is 3.23. The Morgan fingerprint density at radius 2 is 2.27 bits per heavy atom. The molecular weight excluding hydrogens is 144 g/mol. The molecule has 0 fully saturated rings. The fourth-order valence-electron chi connectivity index (χ4n) is 0.352. The molecule has 0 rings (SSSR count). The zero-order chi connectivity index (χ0) is 8.69. The van der Waals surface area contributed by atoms with Gasteiger partial charge in [0.1, 0.15) is 0 Å². The summed E-state index contributed by atoms with van der Waals surface area (Å²) in [6.45, 7) is 4.36. The third-order valence-corrected chi connectivity index (χ3v) is 0.893. The van der Waals surface area contributed by atoms with Crippen molar-refractivity contribution < 1.29 is 4.84 Å². The molecule has 0 radical (unpaired) electrons. The maximum Gasteiger partial charge on any atom is 0.227 e. The van der Waals surface area contributed by atoms with Crippen LogP contribution in [0.5, 0.6) is 0 Å². The molecule has 64 valence electrons. The number of hydrogen-bond acceptors (Lipinski definition) is 3. The summed E-state index contributed by atoms with van der Waals surface area (Å²) >= 11 is 0. The zero-order valence-electron chi connectivity index (χ0n) is 6.77. The van der Waals surface area contributed by atoms with Gasteiger partial charge >= 0.3 is 0 Å². The summed E-state index contributed by atoms with van der Waals surface area (Å²) < 4.78 is 0. The van der Waals surface area contributed by atoms with Gasteiger partial charge in [-0.2, -0.15) is 0 Å². The topological polar surface area (TPSA) is 83.2 Å². The molecule has 0 amide bonds. The molecule has 11 heavy (non-hydrogen) atoms. The summed E-state index contributed by atoms with van der Waals surface area (Å²) in [4.78, 5) is 4.80. The molecule has 0 spiro atoms. The number of hydrazine groups is 1. The van der Waals surface area contributed by atoms with E-state index in [1.54, 1.807) is 0 Å². The highest BCUT2D eigenvalue weighted by Crippen LogP contribution is 1.86. The van der Waals surface area contributed by atoms with E-state index in [1.165, 1.54) is 5.57 Å². The largest absolute Gasteiger partial charge is 0.293 e. The Labute approximate surface area is 66.0 Å². The first kappa shape index (κ1) is 9.93. The van der Waals surface area contributed by atoms with Crippen molar-refractivity contribution in [2.45, 2.75) is 13.8 Å². The van der Waals surface area contributed by atoms with Crippen LogP contribution < -0.4 is 16.7 Å². The Balaban J connectivity index is 3.28. The van der Waals surface area contributed by atoms with E-state index >= 15 is 0 Å². The van der Waals surface area contributed by atoms with Crippen LogP contribution in [0.1, 0.15) is 13.8 Å². The molecule has 0 aromatic heterocycles. The van der Waals surface area contributed by atoms with Crippen molar-refractivity contribution in [3.63, 3.8) is 0 Å². The van der Waals surface area contributed by atoms with Crippen LogP contribution in [0.4, 0.5) is 0 Å². The summed E-state index contributed by atoms with van der Waals surface area (Å²) in [6, 6.07) is 0. The first-order valence-corrected chi connectivity index (χ1v) is 3.23. The summed E-state index contributed by atoms with van der Waals surface area (Å²) in [7, 11) is 0. The number of allylic oxidation sites excluding steroid dienone is 1. The van der Waals surface area contributed by atoms with Crippen LogP contribution in [0, 0.1) is 5.41 Å². The highest BCUT2D eigenvalue weighted by molar-refractivity contribution is 5.74. The van der Waals surface area contributed by atoms with Gasteiger partial charge in [-0.15, -0.1) is 0 Å². The van der Waals surface area contributed by atoms with Crippen LogP contribution in [-0.2, 0) is 4.84 Å². The molecule has 5 heteroatoms. The predicted molar refractivity (Wildman–Crippen MR) is 43.6 cm³/mol. The number of hydrogen-bond donors (Lipinski definition) is 4. The van der Waals surface area contributed by atoms with E-state index in [0.29, 0.717) is 6.61 Å². The molecule has 0 bridgehead atoms. The van der Waals surface area contributed by atoms with Crippen LogP contribution in [-0.4, -0.2) is 12.6 Å². The molecule has 0 aliphatic heterocycles. The second-order valence-corrected chi connectivity index (χ2v) is 2.21. The third-order valence-electron chi connectivity index (χ3n) is 0.893. The second kappa shape index (κ2) is 5.70. The lowest BCUT2D eigenvalue weighted by molar-refractivity contribution is 0.107. The van der Waals surface area contributed by atoms with Crippen molar-refractivity contribution in [3.8, 4) is 0 Å². The fourth-order valence-corrected chi connectivity index (χ4v) is 0.352. The average Bonchev–Trinajstić information content (AvgIpc) is 1.97. The van der Waals surface area contributed by atoms with Crippen LogP contribution >= 0.6 is 0 Å². The van der Waals surface area contributed by atoms with Gasteiger partial charge in [-0.1, -0.05) is 11.6 Å². The number of rotatable bonds is 3. The minimum absolute atomic E-state index is 0.0628. The van der Waals surface area contributed by atoms with Gasteiger partial charge in [0.25, 0.3) is 0 Å². The Morgan fingerprint density at radius 1 is 1.64 bits per heavy atom. The molecule has 0 aromatic carbocycles. The van der Waals surface area contributed by atoms with Crippen LogP contribution in [0.25, 0.3) is 0 Å². The van der Waals surface area contributed by atoms with Gasteiger partial charge in [0.05, 0.1) is 6.61 Å². The normalized spacial score (nSPS) is 8.64. The molecule has 0 saturated carbocycles. The standard InChI is InChI=1S/C6H14N4O/c1-5(2)3-4-11-10-6(7)9-8/h3H,4,8H2,1-2H3,(H3,7,9,10). The van der Waals surface area contributed by atoms with E-state index in [1.807, 2.05) is 19.9 Å². The quantitative estimate of drug-likeness (QED) is 0.115. The van der Waals surface area contributed by atoms with Crippen LogP contribution in [0.3, 0.4) is 0 Å². The van der Waals surface area contributed by atoms with Crippen LogP contribution in [0.15, 0.2) is 11.6 Å². The molecule has 5 nitrogen and oxygen atoms in total.